The number of halogens is 2. The second-order valence-corrected chi connectivity index (χ2v) is 14.5. The Morgan fingerprint density at radius 2 is 1.44 bits per heavy atom. The summed E-state index contributed by atoms with van der Waals surface area (Å²) in [4.78, 5) is 30.2. The number of nitrogens with zero attached hydrogens (tertiary/aromatic N) is 2. The van der Waals surface area contributed by atoms with Crippen LogP contribution in [0.25, 0.3) is 0 Å². The first-order chi connectivity index (χ1) is 24.9. The van der Waals surface area contributed by atoms with Gasteiger partial charge >= 0.3 is 0 Å². The lowest BCUT2D eigenvalue weighted by atomic mass is 10.0. The Kier molecular flexibility index (Phi) is 14.1. The minimum Gasteiger partial charge on any atom is -0.497 e. The zero-order chi connectivity index (χ0) is 38.0. The van der Waals surface area contributed by atoms with Crippen LogP contribution in [0.4, 0.5) is 5.69 Å². The maximum atomic E-state index is 14.9. The fourth-order valence-electron chi connectivity index (χ4n) is 5.44. The number of methoxy groups -OCH3 is 4. The van der Waals surface area contributed by atoms with Crippen molar-refractivity contribution >= 4 is 50.7 Å². The van der Waals surface area contributed by atoms with Crippen molar-refractivity contribution in [3.63, 3.8) is 0 Å². The van der Waals surface area contributed by atoms with E-state index in [1.54, 1.807) is 30.3 Å². The standard InChI is InChI=1S/C38H43Cl2N3O8S/c1-7-25(2)41-38(45)33(20-26-11-9-8-10-12-26)42(23-27-13-16-30(39)31(40)19-27)37(44)24-43(32-21-28(48-3)14-17-34(32)49-4)52(46,47)29-15-18-35(50-5)36(22-29)51-6/h8-19,21-22,25,33H,7,20,23-24H2,1-6H3,(H,41,45). The van der Waals surface area contributed by atoms with Crippen molar-refractivity contribution in [1.29, 1.82) is 0 Å². The number of hydrogen-bond acceptors (Lipinski definition) is 8. The summed E-state index contributed by atoms with van der Waals surface area (Å²) in [5.74, 6) is -0.132. The fourth-order valence-corrected chi connectivity index (χ4v) is 7.19. The Labute approximate surface area is 315 Å². The minimum atomic E-state index is -4.54. The molecule has 0 aliphatic carbocycles. The van der Waals surface area contributed by atoms with Crippen molar-refractivity contribution in [1.82, 2.24) is 10.2 Å². The van der Waals surface area contributed by atoms with Crippen LogP contribution in [0.5, 0.6) is 23.0 Å². The molecule has 0 fully saturated rings. The monoisotopic (exact) mass is 771 g/mol. The highest BCUT2D eigenvalue weighted by molar-refractivity contribution is 7.92. The van der Waals surface area contributed by atoms with Crippen LogP contribution in [-0.2, 0) is 32.6 Å². The van der Waals surface area contributed by atoms with Gasteiger partial charge in [-0.15, -0.1) is 0 Å². The number of amides is 2. The molecule has 52 heavy (non-hydrogen) atoms. The van der Waals surface area contributed by atoms with Gasteiger partial charge in [0.05, 0.1) is 49.1 Å². The summed E-state index contributed by atoms with van der Waals surface area (Å²) >= 11 is 12.6. The van der Waals surface area contributed by atoms with Crippen molar-refractivity contribution in [2.24, 2.45) is 0 Å². The lowest BCUT2D eigenvalue weighted by Crippen LogP contribution is -2.54. The van der Waals surface area contributed by atoms with E-state index >= 15 is 0 Å². The lowest BCUT2D eigenvalue weighted by Gasteiger charge is -2.34. The van der Waals surface area contributed by atoms with E-state index in [0.29, 0.717) is 28.5 Å². The number of rotatable bonds is 17. The van der Waals surface area contributed by atoms with Crippen LogP contribution in [0.3, 0.4) is 0 Å². The molecule has 11 nitrogen and oxygen atoms in total. The van der Waals surface area contributed by atoms with Gasteiger partial charge in [-0.25, -0.2) is 8.42 Å². The van der Waals surface area contributed by atoms with Crippen LogP contribution in [0.1, 0.15) is 31.4 Å². The van der Waals surface area contributed by atoms with E-state index in [1.165, 1.54) is 57.6 Å². The Hall–Kier alpha value is -4.65. The fraction of sp³-hybridized carbons (Fsp3) is 0.316. The highest BCUT2D eigenvalue weighted by atomic mass is 35.5. The average molecular weight is 773 g/mol. The summed E-state index contributed by atoms with van der Waals surface area (Å²) in [6.45, 7) is 2.98. The molecule has 0 aliphatic heterocycles. The molecule has 4 aromatic rings. The molecule has 0 bridgehead atoms. The molecule has 278 valence electrons. The number of sulfonamides is 1. The summed E-state index contributed by atoms with van der Waals surface area (Å²) in [6, 6.07) is 21.7. The topological polar surface area (TPSA) is 124 Å². The van der Waals surface area contributed by atoms with E-state index in [-0.39, 0.29) is 46.1 Å². The Bertz CT molecular complexity index is 1960. The van der Waals surface area contributed by atoms with Crippen LogP contribution in [-0.4, -0.2) is 72.2 Å². The number of ether oxygens (including phenoxy) is 4. The molecule has 2 unspecified atom stereocenters. The molecular weight excluding hydrogens is 729 g/mol. The third-order valence-electron chi connectivity index (χ3n) is 8.49. The van der Waals surface area contributed by atoms with Crippen molar-refractivity contribution in [3.05, 3.63) is 106 Å². The molecule has 0 saturated heterocycles. The number of carbonyl (C=O) groups excluding carboxylic acids is 2. The number of anilines is 1. The average Bonchev–Trinajstić information content (AvgIpc) is 3.15. The molecule has 0 heterocycles. The molecule has 2 atom stereocenters. The highest BCUT2D eigenvalue weighted by Crippen LogP contribution is 2.38. The third kappa shape index (κ3) is 9.61. The van der Waals surface area contributed by atoms with Crippen molar-refractivity contribution in [2.75, 3.05) is 39.3 Å². The number of carbonyl (C=O) groups is 2. The molecule has 0 aliphatic rings. The van der Waals surface area contributed by atoms with E-state index in [0.717, 1.165) is 9.87 Å². The molecule has 2 amide bonds. The van der Waals surface area contributed by atoms with Crippen LogP contribution < -0.4 is 28.6 Å². The summed E-state index contributed by atoms with van der Waals surface area (Å²) in [5.41, 5.74) is 1.40. The van der Waals surface area contributed by atoms with Gasteiger partial charge in [0.25, 0.3) is 10.0 Å². The second kappa shape index (κ2) is 18.2. The quantitative estimate of drug-likeness (QED) is 0.125. The van der Waals surface area contributed by atoms with Gasteiger partial charge in [0.15, 0.2) is 11.5 Å². The largest absolute Gasteiger partial charge is 0.497 e. The summed E-state index contributed by atoms with van der Waals surface area (Å²) in [6.07, 6.45) is 0.790. The second-order valence-electron chi connectivity index (χ2n) is 11.9. The molecule has 4 rings (SSSR count). The van der Waals surface area contributed by atoms with Crippen LogP contribution in [0.15, 0.2) is 89.8 Å². The van der Waals surface area contributed by atoms with Gasteiger partial charge in [0, 0.05) is 31.1 Å². The first-order valence-electron chi connectivity index (χ1n) is 16.4. The number of benzene rings is 4. The maximum absolute atomic E-state index is 14.9. The predicted octanol–water partition coefficient (Wildman–Crippen LogP) is 6.78. The van der Waals surface area contributed by atoms with E-state index in [1.807, 2.05) is 44.2 Å². The minimum absolute atomic E-state index is 0.0307. The molecule has 0 aromatic heterocycles. The number of nitrogens with one attached hydrogen (secondary N) is 1. The van der Waals surface area contributed by atoms with E-state index in [4.69, 9.17) is 42.1 Å². The van der Waals surface area contributed by atoms with Gasteiger partial charge in [0.1, 0.15) is 24.1 Å². The molecule has 4 aromatic carbocycles. The molecular formula is C38H43Cl2N3O8S. The van der Waals surface area contributed by atoms with Gasteiger partial charge in [-0.05, 0) is 60.9 Å². The maximum Gasteiger partial charge on any atom is 0.265 e. The van der Waals surface area contributed by atoms with Gasteiger partial charge in [0.2, 0.25) is 11.8 Å². The summed E-state index contributed by atoms with van der Waals surface area (Å²) < 4.78 is 52.1. The normalized spacial score (nSPS) is 12.3. The first-order valence-corrected chi connectivity index (χ1v) is 18.6. The van der Waals surface area contributed by atoms with Crippen LogP contribution in [0.2, 0.25) is 10.0 Å². The van der Waals surface area contributed by atoms with E-state index in [2.05, 4.69) is 5.32 Å². The third-order valence-corrected chi connectivity index (χ3v) is 11.0. The summed E-state index contributed by atoms with van der Waals surface area (Å²) in [7, 11) is 1.11. The lowest BCUT2D eigenvalue weighted by molar-refractivity contribution is -0.140. The molecule has 1 N–H and O–H groups in total. The van der Waals surface area contributed by atoms with Crippen molar-refractivity contribution < 1.29 is 37.0 Å². The predicted molar refractivity (Wildman–Crippen MR) is 202 cm³/mol. The van der Waals surface area contributed by atoms with E-state index in [9.17, 15) is 18.0 Å². The Balaban J connectivity index is 1.92. The van der Waals surface area contributed by atoms with Gasteiger partial charge < -0.3 is 29.2 Å². The highest BCUT2D eigenvalue weighted by Gasteiger charge is 2.36. The van der Waals surface area contributed by atoms with Crippen molar-refractivity contribution in [2.45, 2.75) is 50.2 Å². The molecule has 0 spiro atoms. The van der Waals surface area contributed by atoms with Crippen molar-refractivity contribution in [3.8, 4) is 23.0 Å². The Morgan fingerprint density at radius 1 is 0.769 bits per heavy atom. The zero-order valence-corrected chi connectivity index (χ0v) is 32.2. The zero-order valence-electron chi connectivity index (χ0n) is 29.9. The number of hydrogen-bond donors (Lipinski definition) is 1. The molecule has 0 radical (unpaired) electrons. The molecule has 0 saturated carbocycles. The van der Waals surface area contributed by atoms with E-state index < -0.39 is 34.4 Å². The SMILES string of the molecule is CCC(C)NC(=O)C(Cc1ccccc1)N(Cc1ccc(Cl)c(Cl)c1)C(=O)CN(c1cc(OC)ccc1OC)S(=O)(=O)c1ccc(OC)c(OC)c1. The van der Waals surface area contributed by atoms with Gasteiger partial charge in [-0.3, -0.25) is 13.9 Å². The summed E-state index contributed by atoms with van der Waals surface area (Å²) in [5, 5.41) is 3.59. The van der Waals surface area contributed by atoms with Crippen LogP contribution in [0, 0.1) is 0 Å². The Morgan fingerprint density at radius 3 is 2.06 bits per heavy atom. The first kappa shape index (κ1) is 40.1. The van der Waals surface area contributed by atoms with Crippen LogP contribution >= 0.6 is 23.2 Å². The van der Waals surface area contributed by atoms with Gasteiger partial charge in [-0.2, -0.15) is 0 Å². The van der Waals surface area contributed by atoms with Gasteiger partial charge in [-0.1, -0.05) is 66.5 Å². The smallest absolute Gasteiger partial charge is 0.265 e. The molecule has 14 heteroatoms.